The number of benzene rings is 1. The van der Waals surface area contributed by atoms with Crippen LogP contribution in [0.4, 0.5) is 4.39 Å². The Bertz CT molecular complexity index is 363. The first-order valence-corrected chi connectivity index (χ1v) is 5.92. The van der Waals surface area contributed by atoms with Gasteiger partial charge in [0.15, 0.2) is 0 Å². The summed E-state index contributed by atoms with van der Waals surface area (Å²) in [6.07, 6.45) is 0.994. The van der Waals surface area contributed by atoms with Crippen molar-refractivity contribution in [2.24, 2.45) is 0 Å². The first-order valence-electron chi connectivity index (χ1n) is 5.92. The van der Waals surface area contributed by atoms with Crippen LogP contribution >= 0.6 is 0 Å². The molecule has 3 heteroatoms. The van der Waals surface area contributed by atoms with Gasteiger partial charge in [0, 0.05) is 18.6 Å². The Balaban J connectivity index is 2.15. The monoisotopic (exact) mass is 222 g/mol. The van der Waals surface area contributed by atoms with E-state index in [0.29, 0.717) is 6.04 Å². The van der Waals surface area contributed by atoms with Crippen molar-refractivity contribution < 1.29 is 4.39 Å². The van der Waals surface area contributed by atoms with Crippen LogP contribution in [0.1, 0.15) is 31.0 Å². The second-order valence-corrected chi connectivity index (χ2v) is 4.66. The molecule has 0 aliphatic carbocycles. The Hall–Kier alpha value is -0.930. The first-order chi connectivity index (χ1) is 7.66. The zero-order valence-electron chi connectivity index (χ0n) is 9.89. The van der Waals surface area contributed by atoms with Crippen LogP contribution in [-0.4, -0.2) is 19.1 Å². The average Bonchev–Trinajstić information content (AvgIpc) is 2.26. The zero-order valence-corrected chi connectivity index (χ0v) is 9.89. The van der Waals surface area contributed by atoms with E-state index in [4.69, 9.17) is 0 Å². The van der Waals surface area contributed by atoms with Gasteiger partial charge in [-0.1, -0.05) is 19.9 Å². The van der Waals surface area contributed by atoms with Crippen molar-refractivity contribution in [2.45, 2.75) is 32.4 Å². The summed E-state index contributed by atoms with van der Waals surface area (Å²) in [5.41, 5.74) is 2.38. The summed E-state index contributed by atoms with van der Waals surface area (Å²) in [6.45, 7) is 6.07. The van der Waals surface area contributed by atoms with Gasteiger partial charge in [-0.2, -0.15) is 0 Å². The molecule has 2 rings (SSSR count). The van der Waals surface area contributed by atoms with Crippen LogP contribution in [0.2, 0.25) is 0 Å². The van der Waals surface area contributed by atoms with E-state index in [0.717, 1.165) is 25.1 Å². The second-order valence-electron chi connectivity index (χ2n) is 4.66. The van der Waals surface area contributed by atoms with Crippen LogP contribution in [0.3, 0.4) is 0 Å². The summed E-state index contributed by atoms with van der Waals surface area (Å²) in [7, 11) is 0. The minimum absolute atomic E-state index is 0.142. The molecule has 1 heterocycles. The third-order valence-electron chi connectivity index (χ3n) is 3.00. The van der Waals surface area contributed by atoms with Gasteiger partial charge >= 0.3 is 0 Å². The predicted molar refractivity (Wildman–Crippen MR) is 64.0 cm³/mol. The van der Waals surface area contributed by atoms with Crippen molar-refractivity contribution in [1.29, 1.82) is 0 Å². The first kappa shape index (κ1) is 11.6. The molecule has 1 aliphatic rings. The minimum atomic E-state index is -0.142. The highest BCUT2D eigenvalue weighted by Gasteiger charge is 2.19. The molecular weight excluding hydrogens is 203 g/mol. The van der Waals surface area contributed by atoms with Crippen LogP contribution in [-0.2, 0) is 6.42 Å². The van der Waals surface area contributed by atoms with Crippen LogP contribution < -0.4 is 10.6 Å². The molecule has 16 heavy (non-hydrogen) atoms. The Labute approximate surface area is 96.2 Å². The van der Waals surface area contributed by atoms with Crippen molar-refractivity contribution in [3.63, 3.8) is 0 Å². The van der Waals surface area contributed by atoms with Gasteiger partial charge < -0.3 is 10.6 Å². The molecule has 0 fully saturated rings. The Morgan fingerprint density at radius 1 is 1.50 bits per heavy atom. The highest BCUT2D eigenvalue weighted by Crippen LogP contribution is 2.23. The van der Waals surface area contributed by atoms with Gasteiger partial charge in [0.25, 0.3) is 0 Å². The van der Waals surface area contributed by atoms with Gasteiger partial charge in [-0.15, -0.1) is 0 Å². The molecule has 2 N–H and O–H groups in total. The molecule has 88 valence electrons. The standard InChI is InChI=1S/C13H19FN2/c1-9(2)16-8-13-12-7-11(14)4-3-10(12)5-6-15-13/h3-4,7,9,13,15-16H,5-6,8H2,1-2H3. The van der Waals surface area contributed by atoms with Crippen molar-refractivity contribution >= 4 is 0 Å². The number of nitrogens with one attached hydrogen (secondary N) is 2. The fourth-order valence-corrected chi connectivity index (χ4v) is 2.14. The molecular formula is C13H19FN2. The molecule has 0 amide bonds. The molecule has 0 spiro atoms. The average molecular weight is 222 g/mol. The van der Waals surface area contributed by atoms with E-state index in [9.17, 15) is 4.39 Å². The maximum atomic E-state index is 13.2. The SMILES string of the molecule is CC(C)NCC1NCCc2ccc(F)cc21. The van der Waals surface area contributed by atoms with Gasteiger partial charge in [-0.25, -0.2) is 4.39 Å². The lowest BCUT2D eigenvalue weighted by molar-refractivity contribution is 0.444. The van der Waals surface area contributed by atoms with Gasteiger partial charge in [0.2, 0.25) is 0 Å². The Kier molecular flexibility index (Phi) is 3.56. The fourth-order valence-electron chi connectivity index (χ4n) is 2.14. The van der Waals surface area contributed by atoms with E-state index >= 15 is 0 Å². The molecule has 0 aromatic heterocycles. The van der Waals surface area contributed by atoms with Gasteiger partial charge in [-0.05, 0) is 36.2 Å². The Morgan fingerprint density at radius 3 is 3.06 bits per heavy atom. The number of halogens is 1. The van der Waals surface area contributed by atoms with Gasteiger partial charge in [0.1, 0.15) is 5.82 Å². The lowest BCUT2D eigenvalue weighted by Crippen LogP contribution is -2.38. The van der Waals surface area contributed by atoms with Crippen LogP contribution in [0.25, 0.3) is 0 Å². The molecule has 0 bridgehead atoms. The summed E-state index contributed by atoms with van der Waals surface area (Å²) in [5.74, 6) is -0.142. The molecule has 0 saturated heterocycles. The van der Waals surface area contributed by atoms with Crippen molar-refractivity contribution in [3.8, 4) is 0 Å². The highest BCUT2D eigenvalue weighted by molar-refractivity contribution is 5.33. The number of hydrogen-bond donors (Lipinski definition) is 2. The smallest absolute Gasteiger partial charge is 0.123 e. The number of hydrogen-bond acceptors (Lipinski definition) is 2. The fraction of sp³-hybridized carbons (Fsp3) is 0.538. The Morgan fingerprint density at radius 2 is 2.31 bits per heavy atom. The molecule has 1 aromatic carbocycles. The molecule has 0 saturated carbocycles. The quantitative estimate of drug-likeness (QED) is 0.817. The van der Waals surface area contributed by atoms with E-state index in [1.807, 2.05) is 6.07 Å². The van der Waals surface area contributed by atoms with E-state index in [1.54, 1.807) is 12.1 Å². The largest absolute Gasteiger partial charge is 0.313 e. The predicted octanol–water partition coefficient (Wildman–Crippen LogP) is 2.01. The maximum absolute atomic E-state index is 13.2. The van der Waals surface area contributed by atoms with Crippen molar-refractivity contribution in [3.05, 3.63) is 35.1 Å². The maximum Gasteiger partial charge on any atom is 0.123 e. The number of rotatable bonds is 3. The zero-order chi connectivity index (χ0) is 11.5. The number of fused-ring (bicyclic) bond motifs is 1. The summed E-state index contributed by atoms with van der Waals surface area (Å²) >= 11 is 0. The molecule has 1 unspecified atom stereocenters. The summed E-state index contributed by atoms with van der Waals surface area (Å²) in [6, 6.07) is 5.82. The molecule has 0 radical (unpaired) electrons. The van der Waals surface area contributed by atoms with E-state index < -0.39 is 0 Å². The van der Waals surface area contributed by atoms with Gasteiger partial charge in [0.05, 0.1) is 0 Å². The molecule has 1 atom stereocenters. The lowest BCUT2D eigenvalue weighted by atomic mass is 9.94. The van der Waals surface area contributed by atoms with Crippen LogP contribution in [0.15, 0.2) is 18.2 Å². The third kappa shape index (κ3) is 2.60. The summed E-state index contributed by atoms with van der Waals surface area (Å²) in [4.78, 5) is 0. The van der Waals surface area contributed by atoms with E-state index in [1.165, 1.54) is 5.56 Å². The normalized spacial score (nSPS) is 19.9. The van der Waals surface area contributed by atoms with E-state index in [-0.39, 0.29) is 11.9 Å². The highest BCUT2D eigenvalue weighted by atomic mass is 19.1. The third-order valence-corrected chi connectivity index (χ3v) is 3.00. The second kappa shape index (κ2) is 4.93. The topological polar surface area (TPSA) is 24.1 Å². The molecule has 1 aromatic rings. The van der Waals surface area contributed by atoms with E-state index in [2.05, 4.69) is 24.5 Å². The lowest BCUT2D eigenvalue weighted by Gasteiger charge is -2.28. The minimum Gasteiger partial charge on any atom is -0.313 e. The summed E-state index contributed by atoms with van der Waals surface area (Å²) in [5, 5.41) is 6.82. The van der Waals surface area contributed by atoms with Crippen molar-refractivity contribution in [1.82, 2.24) is 10.6 Å². The molecule has 1 aliphatic heterocycles. The van der Waals surface area contributed by atoms with Crippen LogP contribution in [0.5, 0.6) is 0 Å². The van der Waals surface area contributed by atoms with Crippen LogP contribution in [0, 0.1) is 5.82 Å². The van der Waals surface area contributed by atoms with Gasteiger partial charge in [-0.3, -0.25) is 0 Å². The summed E-state index contributed by atoms with van der Waals surface area (Å²) < 4.78 is 13.2. The van der Waals surface area contributed by atoms with Crippen molar-refractivity contribution in [2.75, 3.05) is 13.1 Å². The molecule has 2 nitrogen and oxygen atoms in total.